The average Bonchev–Trinajstić information content (AvgIpc) is 2.84. The summed E-state index contributed by atoms with van der Waals surface area (Å²) in [5.41, 5.74) is 6.51. The van der Waals surface area contributed by atoms with Gasteiger partial charge in [0.15, 0.2) is 23.6 Å². The second-order valence-electron chi connectivity index (χ2n) is 5.54. The highest BCUT2D eigenvalue weighted by molar-refractivity contribution is 7.46. The van der Waals surface area contributed by atoms with Crippen LogP contribution < -0.4 is 15.2 Å². The molecule has 2 unspecified atom stereocenters. The lowest BCUT2D eigenvalue weighted by molar-refractivity contribution is -0.0137. The SMILES string of the molecule is NC1(CO)N(C2CCC2)C(=O)c2ncn3c2N1[PH](=O)CO3. The number of amides is 1. The highest BCUT2D eigenvalue weighted by Crippen LogP contribution is 2.48. The average molecular weight is 313 g/mol. The van der Waals surface area contributed by atoms with Gasteiger partial charge in [-0.3, -0.25) is 24.7 Å². The Morgan fingerprint density at radius 3 is 2.95 bits per heavy atom. The molecule has 1 aromatic rings. The van der Waals surface area contributed by atoms with Crippen LogP contribution in [0.25, 0.3) is 0 Å². The van der Waals surface area contributed by atoms with Crippen molar-refractivity contribution in [1.82, 2.24) is 14.6 Å². The summed E-state index contributed by atoms with van der Waals surface area (Å²) in [4.78, 5) is 23.5. The number of rotatable bonds is 2. The first-order chi connectivity index (χ1) is 10.1. The Bertz CT molecular complexity index is 645. The van der Waals surface area contributed by atoms with Crippen molar-refractivity contribution < 1.29 is 19.3 Å². The summed E-state index contributed by atoms with van der Waals surface area (Å²) in [6.07, 6.45) is 4.00. The molecule has 3 aliphatic rings. The molecule has 3 heterocycles. The number of anilines is 1. The standard InChI is InChI=1S/C11H16N5O4P/c12-11(4-17)15(7-2-1-3-7)10(18)8-9-14(5-13-8)20-6-21(19)16(9)11/h5,7,17,21H,1-4,6,12H2. The van der Waals surface area contributed by atoms with E-state index in [0.29, 0.717) is 0 Å². The van der Waals surface area contributed by atoms with Crippen molar-refractivity contribution in [2.24, 2.45) is 5.73 Å². The predicted molar refractivity (Wildman–Crippen MR) is 73.0 cm³/mol. The Balaban J connectivity index is 1.93. The largest absolute Gasteiger partial charge is 0.401 e. The van der Waals surface area contributed by atoms with Crippen LogP contribution in [0, 0.1) is 0 Å². The summed E-state index contributed by atoms with van der Waals surface area (Å²) in [6.45, 7) is -0.504. The van der Waals surface area contributed by atoms with E-state index in [4.69, 9.17) is 10.6 Å². The van der Waals surface area contributed by atoms with Crippen LogP contribution in [0.15, 0.2) is 6.33 Å². The van der Waals surface area contributed by atoms with Gasteiger partial charge in [0.05, 0.1) is 6.61 Å². The van der Waals surface area contributed by atoms with Crippen LogP contribution >= 0.6 is 7.95 Å². The topological polar surface area (TPSA) is 114 Å². The van der Waals surface area contributed by atoms with Gasteiger partial charge in [0.1, 0.15) is 6.33 Å². The van der Waals surface area contributed by atoms with E-state index in [2.05, 4.69) is 4.98 Å². The molecule has 114 valence electrons. The first-order valence-corrected chi connectivity index (χ1v) is 8.41. The molecule has 1 aromatic heterocycles. The number of carbonyl (C=O) groups is 1. The van der Waals surface area contributed by atoms with Gasteiger partial charge in [-0.25, -0.2) is 4.98 Å². The van der Waals surface area contributed by atoms with E-state index in [9.17, 15) is 14.5 Å². The normalized spacial score (nSPS) is 31.7. The second-order valence-corrected chi connectivity index (χ2v) is 7.07. The third-order valence-electron chi connectivity index (χ3n) is 4.40. The predicted octanol–water partition coefficient (Wildman–Crippen LogP) is -0.823. The Morgan fingerprint density at radius 2 is 2.33 bits per heavy atom. The minimum absolute atomic E-state index is 0.0287. The number of aliphatic hydroxyl groups is 1. The van der Waals surface area contributed by atoms with Gasteiger partial charge in [-0.2, -0.15) is 4.73 Å². The maximum Gasteiger partial charge on any atom is 0.279 e. The van der Waals surface area contributed by atoms with Gasteiger partial charge in [-0.15, -0.1) is 0 Å². The maximum absolute atomic E-state index is 12.7. The number of carbonyl (C=O) groups excluding carboxylic acids is 1. The Kier molecular flexibility index (Phi) is 2.64. The molecule has 10 heteroatoms. The van der Waals surface area contributed by atoms with Crippen molar-refractivity contribution in [1.29, 1.82) is 0 Å². The molecule has 2 aliphatic heterocycles. The number of nitrogens with zero attached hydrogens (tertiary/aromatic N) is 4. The number of imidazole rings is 1. The Labute approximate surface area is 121 Å². The molecular formula is C11H16N5O4P. The number of nitrogens with two attached hydrogens (primary N) is 1. The van der Waals surface area contributed by atoms with Crippen molar-refractivity contribution in [3.05, 3.63) is 12.0 Å². The van der Waals surface area contributed by atoms with E-state index in [0.717, 1.165) is 19.3 Å². The lowest BCUT2D eigenvalue weighted by Gasteiger charge is -2.55. The number of hydrogen-bond donors (Lipinski definition) is 2. The van der Waals surface area contributed by atoms with Crippen LogP contribution in [-0.2, 0) is 4.57 Å². The summed E-state index contributed by atoms with van der Waals surface area (Å²) >= 11 is 0. The lowest BCUT2D eigenvalue weighted by Crippen LogP contribution is -2.75. The highest BCUT2D eigenvalue weighted by Gasteiger charge is 2.56. The van der Waals surface area contributed by atoms with Crippen LogP contribution in [0.4, 0.5) is 5.82 Å². The summed E-state index contributed by atoms with van der Waals surface area (Å²) in [7, 11) is -2.40. The van der Waals surface area contributed by atoms with Gasteiger partial charge in [-0.05, 0) is 19.3 Å². The zero-order valence-electron chi connectivity index (χ0n) is 11.2. The van der Waals surface area contributed by atoms with Gasteiger partial charge in [-0.1, -0.05) is 0 Å². The minimum Gasteiger partial charge on any atom is -0.401 e. The fourth-order valence-corrected chi connectivity index (χ4v) is 4.58. The van der Waals surface area contributed by atoms with Crippen LogP contribution in [0.1, 0.15) is 29.8 Å². The van der Waals surface area contributed by atoms with E-state index in [-0.39, 0.29) is 29.8 Å². The molecule has 0 aromatic carbocycles. The third kappa shape index (κ3) is 1.51. The van der Waals surface area contributed by atoms with Crippen molar-refractivity contribution in [2.75, 3.05) is 17.6 Å². The zero-order valence-corrected chi connectivity index (χ0v) is 12.2. The first-order valence-electron chi connectivity index (χ1n) is 6.85. The molecule has 3 N–H and O–H groups in total. The molecule has 4 rings (SSSR count). The molecule has 1 aliphatic carbocycles. The molecule has 1 fully saturated rings. The summed E-state index contributed by atoms with van der Waals surface area (Å²) in [5.74, 6) is -1.57. The van der Waals surface area contributed by atoms with Gasteiger partial charge >= 0.3 is 0 Å². The van der Waals surface area contributed by atoms with Crippen LogP contribution in [0.3, 0.4) is 0 Å². The molecule has 0 spiro atoms. The van der Waals surface area contributed by atoms with Crippen LogP contribution in [0.5, 0.6) is 0 Å². The zero-order chi connectivity index (χ0) is 14.8. The molecule has 0 bridgehead atoms. The van der Waals surface area contributed by atoms with Crippen molar-refractivity contribution >= 4 is 19.7 Å². The molecule has 1 saturated carbocycles. The van der Waals surface area contributed by atoms with Crippen LogP contribution in [0.2, 0.25) is 0 Å². The summed E-state index contributed by atoms with van der Waals surface area (Å²) < 4.78 is 15.2. The summed E-state index contributed by atoms with van der Waals surface area (Å²) in [5, 5.41) is 9.85. The van der Waals surface area contributed by atoms with Crippen molar-refractivity contribution in [2.45, 2.75) is 31.1 Å². The number of hydrogen-bond acceptors (Lipinski definition) is 6. The molecule has 21 heavy (non-hydrogen) atoms. The smallest absolute Gasteiger partial charge is 0.279 e. The van der Waals surface area contributed by atoms with E-state index in [1.165, 1.54) is 20.6 Å². The molecular weight excluding hydrogens is 297 g/mol. The van der Waals surface area contributed by atoms with E-state index >= 15 is 0 Å². The Hall–Kier alpha value is -1.57. The first kappa shape index (κ1) is 13.1. The molecule has 0 radical (unpaired) electrons. The second kappa shape index (κ2) is 4.22. The molecule has 2 atom stereocenters. The van der Waals surface area contributed by atoms with E-state index in [1.54, 1.807) is 0 Å². The van der Waals surface area contributed by atoms with Crippen molar-refractivity contribution in [3.63, 3.8) is 0 Å². The molecule has 0 saturated heterocycles. The fourth-order valence-electron chi connectivity index (χ4n) is 3.15. The quantitative estimate of drug-likeness (QED) is 0.685. The van der Waals surface area contributed by atoms with Crippen molar-refractivity contribution in [3.8, 4) is 0 Å². The summed E-state index contributed by atoms with van der Waals surface area (Å²) in [6, 6.07) is -0.0504. The fraction of sp³-hybridized carbons (Fsp3) is 0.636. The lowest BCUT2D eigenvalue weighted by atomic mass is 9.89. The van der Waals surface area contributed by atoms with Crippen LogP contribution in [-0.4, -0.2) is 50.4 Å². The molecule has 9 nitrogen and oxygen atoms in total. The van der Waals surface area contributed by atoms with E-state index < -0.39 is 20.3 Å². The molecule has 1 amide bonds. The van der Waals surface area contributed by atoms with Gasteiger partial charge in [0.25, 0.3) is 5.91 Å². The Morgan fingerprint density at radius 1 is 1.57 bits per heavy atom. The maximum atomic E-state index is 12.7. The third-order valence-corrected chi connectivity index (χ3v) is 5.87. The van der Waals surface area contributed by atoms with E-state index in [1.807, 2.05) is 0 Å². The van der Waals surface area contributed by atoms with Gasteiger partial charge in [0, 0.05) is 6.04 Å². The number of aliphatic hydroxyl groups excluding tert-OH is 1. The van der Waals surface area contributed by atoms with Gasteiger partial charge < -0.3 is 9.94 Å². The minimum atomic E-state index is -2.40. The number of aromatic nitrogens is 2. The highest BCUT2D eigenvalue weighted by atomic mass is 31.1. The van der Waals surface area contributed by atoms with Gasteiger partial charge in [0.2, 0.25) is 7.95 Å². The monoisotopic (exact) mass is 313 g/mol.